The Morgan fingerprint density at radius 1 is 1.25 bits per heavy atom. The van der Waals surface area contributed by atoms with E-state index in [0.717, 1.165) is 18.1 Å². The van der Waals surface area contributed by atoms with Gasteiger partial charge in [0, 0.05) is 31.2 Å². The molecule has 0 aliphatic carbocycles. The molecule has 0 saturated carbocycles. The van der Waals surface area contributed by atoms with Crippen LogP contribution in [0.15, 0.2) is 0 Å². The van der Waals surface area contributed by atoms with E-state index in [9.17, 15) is 0 Å². The lowest BCUT2D eigenvalue weighted by molar-refractivity contribution is 0.0545. The third-order valence-electron chi connectivity index (χ3n) is 3.30. The minimum absolute atomic E-state index is 0.727. The molecular formula is C10H20N2. The van der Waals surface area contributed by atoms with Gasteiger partial charge in [0.1, 0.15) is 0 Å². The molecule has 3 atom stereocenters. The zero-order valence-corrected chi connectivity index (χ0v) is 8.45. The van der Waals surface area contributed by atoms with E-state index in [2.05, 4.69) is 30.6 Å². The summed E-state index contributed by atoms with van der Waals surface area (Å²) in [5.74, 6) is 0. The average molecular weight is 168 g/mol. The second-order valence-electron chi connectivity index (χ2n) is 4.59. The summed E-state index contributed by atoms with van der Waals surface area (Å²) >= 11 is 0. The van der Waals surface area contributed by atoms with Crippen molar-refractivity contribution in [2.24, 2.45) is 0 Å². The lowest BCUT2D eigenvalue weighted by Crippen LogP contribution is -2.54. The minimum Gasteiger partial charge on any atom is -0.300 e. The van der Waals surface area contributed by atoms with Crippen LogP contribution in [-0.4, -0.2) is 47.6 Å². The minimum atomic E-state index is 0.727. The van der Waals surface area contributed by atoms with E-state index in [0.29, 0.717) is 0 Å². The highest BCUT2D eigenvalue weighted by Gasteiger charge is 2.37. The molecule has 2 heterocycles. The highest BCUT2D eigenvalue weighted by atomic mass is 15.3. The van der Waals surface area contributed by atoms with Gasteiger partial charge in [-0.05, 0) is 33.7 Å². The zero-order chi connectivity index (χ0) is 8.72. The van der Waals surface area contributed by atoms with Crippen LogP contribution in [0.1, 0.15) is 27.2 Å². The van der Waals surface area contributed by atoms with E-state index in [-0.39, 0.29) is 0 Å². The third-order valence-corrected chi connectivity index (χ3v) is 3.30. The highest BCUT2D eigenvalue weighted by Crippen LogP contribution is 2.26. The van der Waals surface area contributed by atoms with E-state index in [1.54, 1.807) is 0 Å². The van der Waals surface area contributed by atoms with Gasteiger partial charge in [-0.3, -0.25) is 4.90 Å². The van der Waals surface area contributed by atoms with Crippen molar-refractivity contribution in [2.75, 3.05) is 19.6 Å². The Bertz CT molecular complexity index is 167. The van der Waals surface area contributed by atoms with Gasteiger partial charge in [0.25, 0.3) is 0 Å². The first-order chi connectivity index (χ1) is 5.68. The molecule has 2 saturated heterocycles. The Kier molecular flexibility index (Phi) is 2.13. The van der Waals surface area contributed by atoms with Crippen molar-refractivity contribution in [1.82, 2.24) is 9.80 Å². The summed E-state index contributed by atoms with van der Waals surface area (Å²) in [6.45, 7) is 11.0. The maximum absolute atomic E-state index is 2.70. The van der Waals surface area contributed by atoms with E-state index in [4.69, 9.17) is 0 Å². The zero-order valence-electron chi connectivity index (χ0n) is 8.45. The number of hydrogen-bond acceptors (Lipinski definition) is 2. The number of hydrogen-bond donors (Lipinski definition) is 0. The van der Waals surface area contributed by atoms with Crippen LogP contribution in [0.2, 0.25) is 0 Å². The molecule has 0 spiro atoms. The molecule has 2 aliphatic rings. The Morgan fingerprint density at radius 2 is 2.00 bits per heavy atom. The molecule has 0 aromatic rings. The first-order valence-corrected chi connectivity index (χ1v) is 5.18. The van der Waals surface area contributed by atoms with Crippen LogP contribution >= 0.6 is 0 Å². The van der Waals surface area contributed by atoms with E-state index >= 15 is 0 Å². The molecular weight excluding hydrogens is 148 g/mol. The Hall–Kier alpha value is -0.0800. The quantitative estimate of drug-likeness (QED) is 0.580. The molecule has 0 aromatic heterocycles. The standard InChI is InChI=1S/C10H20N2/c1-8(2)12-9(3)6-11-5-4-10(12)7-11/h8-10H,4-7H2,1-3H3. The second kappa shape index (κ2) is 3.00. The van der Waals surface area contributed by atoms with Crippen LogP contribution in [-0.2, 0) is 0 Å². The number of nitrogens with zero attached hydrogens (tertiary/aromatic N) is 2. The van der Waals surface area contributed by atoms with E-state index < -0.39 is 0 Å². The molecule has 2 aliphatic heterocycles. The monoisotopic (exact) mass is 168 g/mol. The van der Waals surface area contributed by atoms with Gasteiger partial charge in [-0.15, -0.1) is 0 Å². The molecule has 0 radical (unpaired) electrons. The maximum Gasteiger partial charge on any atom is 0.0241 e. The number of piperazine rings is 1. The predicted molar refractivity (Wildman–Crippen MR) is 51.3 cm³/mol. The number of fused-ring (bicyclic) bond motifs is 2. The SMILES string of the molecule is CC(C)N1C(C)CN2CCC1C2. The molecule has 2 rings (SSSR count). The van der Waals surface area contributed by atoms with Crippen molar-refractivity contribution in [3.05, 3.63) is 0 Å². The molecule has 0 N–H and O–H groups in total. The summed E-state index contributed by atoms with van der Waals surface area (Å²) in [6, 6.07) is 2.35. The van der Waals surface area contributed by atoms with Crippen molar-refractivity contribution in [3.8, 4) is 0 Å². The van der Waals surface area contributed by atoms with Crippen LogP contribution in [0.5, 0.6) is 0 Å². The van der Waals surface area contributed by atoms with Gasteiger partial charge in [-0.1, -0.05) is 0 Å². The summed E-state index contributed by atoms with van der Waals surface area (Å²) in [5, 5.41) is 0. The summed E-state index contributed by atoms with van der Waals surface area (Å²) in [4.78, 5) is 5.30. The van der Waals surface area contributed by atoms with Gasteiger partial charge in [0.15, 0.2) is 0 Å². The predicted octanol–water partition coefficient (Wildman–Crippen LogP) is 1.17. The first-order valence-electron chi connectivity index (χ1n) is 5.18. The fraction of sp³-hybridized carbons (Fsp3) is 1.00. The van der Waals surface area contributed by atoms with Gasteiger partial charge in [0.05, 0.1) is 0 Å². The van der Waals surface area contributed by atoms with Gasteiger partial charge in [-0.2, -0.15) is 0 Å². The van der Waals surface area contributed by atoms with Crippen molar-refractivity contribution < 1.29 is 0 Å². The Balaban J connectivity index is 2.10. The third kappa shape index (κ3) is 1.27. The lowest BCUT2D eigenvalue weighted by atomic mass is 10.1. The first kappa shape index (κ1) is 8.52. The molecule has 2 nitrogen and oxygen atoms in total. The van der Waals surface area contributed by atoms with Crippen molar-refractivity contribution >= 4 is 0 Å². The van der Waals surface area contributed by atoms with Crippen LogP contribution in [0, 0.1) is 0 Å². The second-order valence-corrected chi connectivity index (χ2v) is 4.59. The summed E-state index contributed by atoms with van der Waals surface area (Å²) < 4.78 is 0. The smallest absolute Gasteiger partial charge is 0.0241 e. The topological polar surface area (TPSA) is 6.48 Å². The Labute approximate surface area is 75.5 Å². The van der Waals surface area contributed by atoms with Crippen molar-refractivity contribution in [2.45, 2.75) is 45.3 Å². The molecule has 0 amide bonds. The van der Waals surface area contributed by atoms with Crippen LogP contribution in [0.4, 0.5) is 0 Å². The normalized spacial score (nSPS) is 42.5. The summed E-state index contributed by atoms with van der Waals surface area (Å²) in [5.41, 5.74) is 0. The van der Waals surface area contributed by atoms with Crippen LogP contribution in [0.3, 0.4) is 0 Å². The average Bonchev–Trinajstić information content (AvgIpc) is 2.31. The van der Waals surface area contributed by atoms with E-state index in [1.807, 2.05) is 0 Å². The van der Waals surface area contributed by atoms with Crippen molar-refractivity contribution in [1.29, 1.82) is 0 Å². The largest absolute Gasteiger partial charge is 0.300 e. The van der Waals surface area contributed by atoms with E-state index in [1.165, 1.54) is 26.1 Å². The van der Waals surface area contributed by atoms with Gasteiger partial charge >= 0.3 is 0 Å². The van der Waals surface area contributed by atoms with Crippen LogP contribution < -0.4 is 0 Å². The molecule has 12 heavy (non-hydrogen) atoms. The summed E-state index contributed by atoms with van der Waals surface area (Å²) in [7, 11) is 0. The fourth-order valence-electron chi connectivity index (χ4n) is 2.98. The van der Waals surface area contributed by atoms with Gasteiger partial charge in [0.2, 0.25) is 0 Å². The Morgan fingerprint density at radius 3 is 2.67 bits per heavy atom. The molecule has 2 bridgehead atoms. The highest BCUT2D eigenvalue weighted by molar-refractivity contribution is 4.94. The lowest BCUT2D eigenvalue weighted by Gasteiger charge is -2.42. The molecule has 70 valence electrons. The fourth-order valence-corrected chi connectivity index (χ4v) is 2.98. The molecule has 2 heteroatoms. The maximum atomic E-state index is 2.70. The van der Waals surface area contributed by atoms with Gasteiger partial charge in [-0.25, -0.2) is 0 Å². The van der Waals surface area contributed by atoms with Crippen LogP contribution in [0.25, 0.3) is 0 Å². The summed E-state index contributed by atoms with van der Waals surface area (Å²) in [6.07, 6.45) is 1.39. The van der Waals surface area contributed by atoms with Gasteiger partial charge < -0.3 is 4.90 Å². The molecule has 0 aromatic carbocycles. The van der Waals surface area contributed by atoms with Crippen molar-refractivity contribution in [3.63, 3.8) is 0 Å². The molecule has 2 fully saturated rings. The number of rotatable bonds is 1. The molecule has 3 unspecified atom stereocenters.